The Balaban J connectivity index is 1.98. The van der Waals surface area contributed by atoms with Crippen molar-refractivity contribution in [1.29, 1.82) is 0 Å². The highest BCUT2D eigenvalue weighted by Gasteiger charge is 2.28. The molecule has 4 heteroatoms. The Labute approximate surface area is 110 Å². The molecule has 1 amide bonds. The fourth-order valence-electron chi connectivity index (χ4n) is 1.98. The van der Waals surface area contributed by atoms with E-state index < -0.39 is 0 Å². The van der Waals surface area contributed by atoms with Gasteiger partial charge < -0.3 is 10.1 Å². The van der Waals surface area contributed by atoms with Gasteiger partial charge in [0.05, 0.1) is 18.6 Å². The largest absolute Gasteiger partial charge is 0.378 e. The van der Waals surface area contributed by atoms with Crippen molar-refractivity contribution in [2.75, 3.05) is 11.9 Å². The van der Waals surface area contributed by atoms with Crippen LogP contribution in [0.5, 0.6) is 0 Å². The lowest BCUT2D eigenvalue weighted by Crippen LogP contribution is -2.23. The second-order valence-electron chi connectivity index (χ2n) is 4.40. The molecule has 1 saturated heterocycles. The molecular weight excluding hydrogens is 282 g/mol. The second kappa shape index (κ2) is 5.65. The van der Waals surface area contributed by atoms with Crippen molar-refractivity contribution in [2.24, 2.45) is 5.92 Å². The lowest BCUT2D eigenvalue weighted by Gasteiger charge is -2.10. The number of carbonyl (C=O) groups excluding carboxylic acids is 1. The van der Waals surface area contributed by atoms with Gasteiger partial charge in [-0.25, -0.2) is 0 Å². The molecule has 2 atom stereocenters. The van der Waals surface area contributed by atoms with Crippen LogP contribution >= 0.6 is 15.9 Å². The summed E-state index contributed by atoms with van der Waals surface area (Å²) in [6.07, 6.45) is 1.00. The molecule has 1 N–H and O–H groups in total. The third-order valence-corrected chi connectivity index (χ3v) is 3.57. The Bertz CT molecular complexity index is 408. The van der Waals surface area contributed by atoms with Crippen LogP contribution in [-0.2, 0) is 14.9 Å². The minimum absolute atomic E-state index is 0.0161. The van der Waals surface area contributed by atoms with Crippen molar-refractivity contribution in [1.82, 2.24) is 0 Å². The van der Waals surface area contributed by atoms with Crippen LogP contribution in [0.1, 0.15) is 18.9 Å². The van der Waals surface area contributed by atoms with E-state index >= 15 is 0 Å². The van der Waals surface area contributed by atoms with Crippen LogP contribution in [0.2, 0.25) is 0 Å². The van der Waals surface area contributed by atoms with E-state index in [2.05, 4.69) is 21.2 Å². The highest BCUT2D eigenvalue weighted by Crippen LogP contribution is 2.21. The zero-order valence-electron chi connectivity index (χ0n) is 9.78. The number of hydrogen-bond acceptors (Lipinski definition) is 2. The molecule has 1 aliphatic rings. The smallest absolute Gasteiger partial charge is 0.229 e. The van der Waals surface area contributed by atoms with Crippen molar-refractivity contribution in [3.63, 3.8) is 0 Å². The number of benzene rings is 1. The molecule has 1 aromatic carbocycles. The first-order chi connectivity index (χ1) is 8.19. The summed E-state index contributed by atoms with van der Waals surface area (Å²) < 4.78 is 5.40. The third kappa shape index (κ3) is 3.30. The zero-order valence-corrected chi connectivity index (χ0v) is 11.4. The molecule has 1 aromatic rings. The van der Waals surface area contributed by atoms with Gasteiger partial charge in [-0.1, -0.05) is 28.1 Å². The number of rotatable bonds is 3. The van der Waals surface area contributed by atoms with Crippen molar-refractivity contribution in [2.45, 2.75) is 24.8 Å². The number of amides is 1. The molecule has 1 fully saturated rings. The number of anilines is 1. The van der Waals surface area contributed by atoms with Gasteiger partial charge in [0.2, 0.25) is 5.91 Å². The molecule has 0 spiro atoms. The zero-order chi connectivity index (χ0) is 12.3. The molecule has 3 nitrogen and oxygen atoms in total. The fraction of sp³-hybridized carbons (Fsp3) is 0.462. The van der Waals surface area contributed by atoms with Gasteiger partial charge in [0.25, 0.3) is 0 Å². The Morgan fingerprint density at radius 2 is 2.41 bits per heavy atom. The highest BCUT2D eigenvalue weighted by atomic mass is 79.9. The molecule has 0 radical (unpaired) electrons. The molecular formula is C13H16BrNO2. The van der Waals surface area contributed by atoms with Gasteiger partial charge >= 0.3 is 0 Å². The Morgan fingerprint density at radius 1 is 1.59 bits per heavy atom. The molecule has 92 valence electrons. The molecule has 17 heavy (non-hydrogen) atoms. The maximum Gasteiger partial charge on any atom is 0.229 e. The number of ether oxygens (including phenoxy) is 1. The summed E-state index contributed by atoms with van der Waals surface area (Å²) in [6, 6.07) is 7.85. The SMILES string of the molecule is CC1CC(C(=O)Nc2cccc(CBr)c2)CO1. The van der Waals surface area contributed by atoms with Crippen LogP contribution in [-0.4, -0.2) is 18.6 Å². The van der Waals surface area contributed by atoms with Crippen LogP contribution < -0.4 is 5.32 Å². The number of halogens is 1. The summed E-state index contributed by atoms with van der Waals surface area (Å²) in [5, 5.41) is 3.73. The Hall–Kier alpha value is -0.870. The minimum atomic E-state index is -0.0161. The maximum absolute atomic E-state index is 12.0. The number of hydrogen-bond donors (Lipinski definition) is 1. The van der Waals surface area contributed by atoms with E-state index in [9.17, 15) is 4.79 Å². The van der Waals surface area contributed by atoms with E-state index in [-0.39, 0.29) is 17.9 Å². The van der Waals surface area contributed by atoms with Gasteiger partial charge in [0.15, 0.2) is 0 Å². The van der Waals surface area contributed by atoms with Gasteiger partial charge in [-0.3, -0.25) is 4.79 Å². The molecule has 2 rings (SSSR count). The fourth-order valence-corrected chi connectivity index (χ4v) is 2.33. The van der Waals surface area contributed by atoms with Crippen LogP contribution in [0.15, 0.2) is 24.3 Å². The first-order valence-electron chi connectivity index (χ1n) is 5.76. The van der Waals surface area contributed by atoms with E-state index in [1.807, 2.05) is 31.2 Å². The predicted molar refractivity (Wildman–Crippen MR) is 71.2 cm³/mol. The summed E-state index contributed by atoms with van der Waals surface area (Å²) in [6.45, 7) is 2.53. The molecule has 0 aliphatic carbocycles. The Kier molecular flexibility index (Phi) is 4.18. The first-order valence-corrected chi connectivity index (χ1v) is 6.88. The van der Waals surface area contributed by atoms with Crippen molar-refractivity contribution < 1.29 is 9.53 Å². The van der Waals surface area contributed by atoms with E-state index in [1.165, 1.54) is 0 Å². The van der Waals surface area contributed by atoms with Crippen LogP contribution in [0.4, 0.5) is 5.69 Å². The summed E-state index contributed by atoms with van der Waals surface area (Å²) in [5.41, 5.74) is 2.00. The maximum atomic E-state index is 12.0. The average Bonchev–Trinajstić information content (AvgIpc) is 2.76. The van der Waals surface area contributed by atoms with Gasteiger partial charge in [0, 0.05) is 11.0 Å². The average molecular weight is 298 g/mol. The summed E-state index contributed by atoms with van der Waals surface area (Å²) in [7, 11) is 0. The lowest BCUT2D eigenvalue weighted by atomic mass is 10.1. The monoisotopic (exact) mass is 297 g/mol. The molecule has 1 heterocycles. The number of carbonyl (C=O) groups is 1. The van der Waals surface area contributed by atoms with Gasteiger partial charge in [0.1, 0.15) is 0 Å². The van der Waals surface area contributed by atoms with E-state index in [4.69, 9.17) is 4.74 Å². The van der Waals surface area contributed by atoms with Gasteiger partial charge in [-0.15, -0.1) is 0 Å². The standard InChI is InChI=1S/C13H16BrNO2/c1-9-5-11(8-17-9)13(16)15-12-4-2-3-10(6-12)7-14/h2-4,6,9,11H,5,7-8H2,1H3,(H,15,16). The minimum Gasteiger partial charge on any atom is -0.378 e. The molecule has 0 bridgehead atoms. The summed E-state index contributed by atoms with van der Waals surface area (Å²) in [5.74, 6) is 0.0405. The van der Waals surface area contributed by atoms with Crippen molar-refractivity contribution in [3.8, 4) is 0 Å². The second-order valence-corrected chi connectivity index (χ2v) is 4.96. The van der Waals surface area contributed by atoms with E-state index in [0.29, 0.717) is 6.61 Å². The van der Waals surface area contributed by atoms with E-state index in [1.54, 1.807) is 0 Å². The van der Waals surface area contributed by atoms with Crippen LogP contribution in [0.3, 0.4) is 0 Å². The number of nitrogens with one attached hydrogen (secondary N) is 1. The van der Waals surface area contributed by atoms with Crippen LogP contribution in [0, 0.1) is 5.92 Å². The number of alkyl halides is 1. The molecule has 1 aliphatic heterocycles. The topological polar surface area (TPSA) is 38.3 Å². The summed E-state index contributed by atoms with van der Waals surface area (Å²) >= 11 is 3.40. The van der Waals surface area contributed by atoms with Crippen LogP contribution in [0.25, 0.3) is 0 Å². The van der Waals surface area contributed by atoms with Crippen molar-refractivity contribution >= 4 is 27.5 Å². The third-order valence-electron chi connectivity index (χ3n) is 2.92. The first kappa shape index (κ1) is 12.6. The quantitative estimate of drug-likeness (QED) is 0.871. The van der Waals surface area contributed by atoms with Crippen molar-refractivity contribution in [3.05, 3.63) is 29.8 Å². The summed E-state index contributed by atoms with van der Waals surface area (Å²) in [4.78, 5) is 12.0. The molecule has 0 aromatic heterocycles. The van der Waals surface area contributed by atoms with Gasteiger partial charge in [-0.2, -0.15) is 0 Å². The Morgan fingerprint density at radius 3 is 3.06 bits per heavy atom. The predicted octanol–water partition coefficient (Wildman–Crippen LogP) is 2.95. The van der Waals surface area contributed by atoms with Gasteiger partial charge in [-0.05, 0) is 31.0 Å². The van der Waals surface area contributed by atoms with E-state index in [0.717, 1.165) is 23.0 Å². The normalized spacial score (nSPS) is 23.6. The molecule has 2 unspecified atom stereocenters. The highest BCUT2D eigenvalue weighted by molar-refractivity contribution is 9.08. The lowest BCUT2D eigenvalue weighted by molar-refractivity contribution is -0.119. The molecule has 0 saturated carbocycles.